The van der Waals surface area contributed by atoms with E-state index in [0.717, 1.165) is 43.1 Å². The Hall–Kier alpha value is -1.42. The minimum Gasteiger partial charge on any atom is -0.497 e. The predicted molar refractivity (Wildman–Crippen MR) is 78.5 cm³/mol. The Balaban J connectivity index is 2.15. The number of piperidine rings is 1. The average Bonchev–Trinajstić information content (AvgIpc) is 2.47. The summed E-state index contributed by atoms with van der Waals surface area (Å²) in [6, 6.07) is 6.02. The van der Waals surface area contributed by atoms with Gasteiger partial charge in [-0.1, -0.05) is 0 Å². The van der Waals surface area contributed by atoms with Gasteiger partial charge in [0.05, 0.1) is 19.9 Å². The number of anilines is 1. The minimum absolute atomic E-state index is 0.260. The number of hydrogen-bond donors (Lipinski definition) is 1. The highest BCUT2D eigenvalue weighted by Gasteiger charge is 2.29. The fourth-order valence-corrected chi connectivity index (χ4v) is 2.54. The van der Waals surface area contributed by atoms with Gasteiger partial charge in [0.15, 0.2) is 0 Å². The molecule has 1 aliphatic rings. The number of nitrogens with zero attached hydrogens (tertiary/aromatic N) is 1. The second kappa shape index (κ2) is 5.70. The molecule has 2 rings (SSSR count). The fraction of sp³-hybridized carbons (Fsp3) is 0.600. The molecule has 1 aliphatic heterocycles. The highest BCUT2D eigenvalue weighted by molar-refractivity contribution is 5.61. The van der Waals surface area contributed by atoms with Crippen molar-refractivity contribution in [2.75, 3.05) is 39.3 Å². The molecule has 0 bridgehead atoms. The SMILES string of the molecule is CNC1(C)CCN(c2ccc(OC)cc2OC)CC1. The van der Waals surface area contributed by atoms with E-state index in [-0.39, 0.29) is 5.54 Å². The van der Waals surface area contributed by atoms with Crippen molar-refractivity contribution < 1.29 is 9.47 Å². The van der Waals surface area contributed by atoms with Crippen LogP contribution in [0.15, 0.2) is 18.2 Å². The molecular formula is C15H24N2O2. The standard InChI is InChI=1S/C15H24N2O2/c1-15(16-2)7-9-17(10-8-15)13-6-5-12(18-3)11-14(13)19-4/h5-6,11,16H,7-10H2,1-4H3. The Morgan fingerprint density at radius 3 is 2.37 bits per heavy atom. The van der Waals surface area contributed by atoms with Crippen LogP contribution >= 0.6 is 0 Å². The Kier molecular flexibility index (Phi) is 4.20. The number of hydrogen-bond acceptors (Lipinski definition) is 4. The first-order chi connectivity index (χ1) is 9.11. The van der Waals surface area contributed by atoms with E-state index >= 15 is 0 Å². The fourth-order valence-electron chi connectivity index (χ4n) is 2.54. The molecule has 0 unspecified atom stereocenters. The van der Waals surface area contributed by atoms with E-state index in [9.17, 15) is 0 Å². The zero-order valence-electron chi connectivity index (χ0n) is 12.3. The molecule has 1 fully saturated rings. The van der Waals surface area contributed by atoms with Crippen LogP contribution in [-0.2, 0) is 0 Å². The van der Waals surface area contributed by atoms with E-state index in [4.69, 9.17) is 9.47 Å². The molecule has 0 amide bonds. The molecular weight excluding hydrogens is 240 g/mol. The van der Waals surface area contributed by atoms with Gasteiger partial charge in [0.1, 0.15) is 11.5 Å². The largest absolute Gasteiger partial charge is 0.497 e. The molecule has 1 aromatic rings. The molecule has 0 atom stereocenters. The van der Waals surface area contributed by atoms with E-state index in [2.05, 4.69) is 23.2 Å². The lowest BCUT2D eigenvalue weighted by molar-refractivity contribution is 0.303. The van der Waals surface area contributed by atoms with Gasteiger partial charge in [-0.3, -0.25) is 0 Å². The molecule has 106 valence electrons. The van der Waals surface area contributed by atoms with Crippen molar-refractivity contribution in [1.29, 1.82) is 0 Å². The molecule has 1 saturated heterocycles. The van der Waals surface area contributed by atoms with E-state index in [0.29, 0.717) is 0 Å². The Bertz CT molecular complexity index is 426. The quantitative estimate of drug-likeness (QED) is 0.904. The maximum atomic E-state index is 5.48. The first-order valence-electron chi connectivity index (χ1n) is 6.78. The molecule has 19 heavy (non-hydrogen) atoms. The van der Waals surface area contributed by atoms with Gasteiger partial charge < -0.3 is 19.7 Å². The first-order valence-corrected chi connectivity index (χ1v) is 6.78. The summed E-state index contributed by atoms with van der Waals surface area (Å²) in [5.41, 5.74) is 1.41. The van der Waals surface area contributed by atoms with Crippen LogP contribution < -0.4 is 19.7 Å². The van der Waals surface area contributed by atoms with Gasteiger partial charge in [-0.15, -0.1) is 0 Å². The summed E-state index contributed by atoms with van der Waals surface area (Å²) in [6.07, 6.45) is 2.28. The Morgan fingerprint density at radius 1 is 1.16 bits per heavy atom. The summed E-state index contributed by atoms with van der Waals surface area (Å²) < 4.78 is 10.7. The third kappa shape index (κ3) is 2.95. The third-order valence-electron chi connectivity index (χ3n) is 4.20. The molecule has 0 saturated carbocycles. The van der Waals surface area contributed by atoms with Crippen LogP contribution in [0.25, 0.3) is 0 Å². The van der Waals surface area contributed by atoms with Gasteiger partial charge >= 0.3 is 0 Å². The van der Waals surface area contributed by atoms with Crippen molar-refractivity contribution in [2.24, 2.45) is 0 Å². The molecule has 4 nitrogen and oxygen atoms in total. The third-order valence-corrected chi connectivity index (χ3v) is 4.20. The second-order valence-corrected chi connectivity index (χ2v) is 5.34. The van der Waals surface area contributed by atoms with Crippen LogP contribution in [0.1, 0.15) is 19.8 Å². The lowest BCUT2D eigenvalue weighted by atomic mass is 9.89. The van der Waals surface area contributed by atoms with Crippen LogP contribution in [0.2, 0.25) is 0 Å². The molecule has 0 aliphatic carbocycles. The summed E-state index contributed by atoms with van der Waals surface area (Å²) in [7, 11) is 5.43. The monoisotopic (exact) mass is 264 g/mol. The number of rotatable bonds is 4. The van der Waals surface area contributed by atoms with Crippen molar-refractivity contribution in [3.8, 4) is 11.5 Å². The predicted octanol–water partition coefficient (Wildman–Crippen LogP) is 2.28. The smallest absolute Gasteiger partial charge is 0.145 e. The van der Waals surface area contributed by atoms with Crippen LogP contribution in [-0.4, -0.2) is 39.9 Å². The molecule has 4 heteroatoms. The first kappa shape index (κ1) is 14.0. The topological polar surface area (TPSA) is 33.7 Å². The number of nitrogens with one attached hydrogen (secondary N) is 1. The zero-order valence-corrected chi connectivity index (χ0v) is 12.3. The lowest BCUT2D eigenvalue weighted by Crippen LogP contribution is -2.50. The summed E-state index contributed by atoms with van der Waals surface area (Å²) in [5, 5.41) is 3.42. The van der Waals surface area contributed by atoms with Crippen molar-refractivity contribution >= 4 is 5.69 Å². The maximum absolute atomic E-state index is 5.48. The second-order valence-electron chi connectivity index (χ2n) is 5.34. The molecule has 0 radical (unpaired) electrons. The zero-order chi connectivity index (χ0) is 13.9. The van der Waals surface area contributed by atoms with Gasteiger partial charge in [0.25, 0.3) is 0 Å². The molecule has 0 aromatic heterocycles. The van der Waals surface area contributed by atoms with Gasteiger partial charge in [-0.25, -0.2) is 0 Å². The Labute approximate surface area is 115 Å². The highest BCUT2D eigenvalue weighted by Crippen LogP contribution is 2.35. The minimum atomic E-state index is 0.260. The number of benzene rings is 1. The Morgan fingerprint density at radius 2 is 1.84 bits per heavy atom. The molecule has 1 N–H and O–H groups in total. The van der Waals surface area contributed by atoms with Crippen LogP contribution in [0, 0.1) is 0 Å². The van der Waals surface area contributed by atoms with Gasteiger partial charge in [-0.2, -0.15) is 0 Å². The van der Waals surface area contributed by atoms with E-state index in [1.807, 2.05) is 19.2 Å². The van der Waals surface area contributed by atoms with Crippen molar-refractivity contribution in [3.05, 3.63) is 18.2 Å². The van der Waals surface area contributed by atoms with Crippen LogP contribution in [0.3, 0.4) is 0 Å². The number of ether oxygens (including phenoxy) is 2. The van der Waals surface area contributed by atoms with E-state index < -0.39 is 0 Å². The van der Waals surface area contributed by atoms with E-state index in [1.165, 1.54) is 0 Å². The lowest BCUT2D eigenvalue weighted by Gasteiger charge is -2.40. The van der Waals surface area contributed by atoms with Gasteiger partial charge in [0.2, 0.25) is 0 Å². The van der Waals surface area contributed by atoms with Gasteiger partial charge in [-0.05, 0) is 38.9 Å². The van der Waals surface area contributed by atoms with Gasteiger partial charge in [0, 0.05) is 24.7 Å². The highest BCUT2D eigenvalue weighted by atomic mass is 16.5. The number of methoxy groups -OCH3 is 2. The van der Waals surface area contributed by atoms with Crippen molar-refractivity contribution in [1.82, 2.24) is 5.32 Å². The molecule has 0 spiro atoms. The summed E-state index contributed by atoms with van der Waals surface area (Å²) in [6.45, 7) is 4.37. The van der Waals surface area contributed by atoms with Crippen molar-refractivity contribution in [2.45, 2.75) is 25.3 Å². The average molecular weight is 264 g/mol. The molecule has 1 heterocycles. The molecule has 1 aromatic carbocycles. The summed E-state index contributed by atoms with van der Waals surface area (Å²) >= 11 is 0. The van der Waals surface area contributed by atoms with Crippen LogP contribution in [0.5, 0.6) is 11.5 Å². The normalized spacial score (nSPS) is 18.2. The van der Waals surface area contributed by atoms with Crippen molar-refractivity contribution in [3.63, 3.8) is 0 Å². The summed E-state index contributed by atoms with van der Waals surface area (Å²) in [5.74, 6) is 1.71. The summed E-state index contributed by atoms with van der Waals surface area (Å²) in [4.78, 5) is 2.39. The van der Waals surface area contributed by atoms with Crippen LogP contribution in [0.4, 0.5) is 5.69 Å². The van der Waals surface area contributed by atoms with E-state index in [1.54, 1.807) is 14.2 Å². The maximum Gasteiger partial charge on any atom is 0.145 e.